The molecule has 0 aliphatic heterocycles. The van der Waals surface area contributed by atoms with Gasteiger partial charge in [0.2, 0.25) is 0 Å². The summed E-state index contributed by atoms with van der Waals surface area (Å²) in [6.45, 7) is 0. The number of benzene rings is 3. The van der Waals surface area contributed by atoms with Crippen LogP contribution in [0.1, 0.15) is 48.8 Å². The average molecular weight is 407 g/mol. The summed E-state index contributed by atoms with van der Waals surface area (Å²) >= 11 is 6.40. The predicted molar refractivity (Wildman–Crippen MR) is 129 cm³/mol. The number of hydrogen-bond donors (Lipinski definition) is 1. The molecule has 0 saturated heterocycles. The highest BCUT2D eigenvalue weighted by atomic mass is 32.2. The molecule has 0 heterocycles. The third-order valence-electron chi connectivity index (χ3n) is 5.16. The van der Waals surface area contributed by atoms with E-state index >= 15 is 0 Å². The summed E-state index contributed by atoms with van der Waals surface area (Å²) < 4.78 is -0.172. The lowest BCUT2D eigenvalue weighted by molar-refractivity contribution is 0.662. The molecule has 0 saturated carbocycles. The molecule has 0 spiro atoms. The van der Waals surface area contributed by atoms with Crippen molar-refractivity contribution in [1.82, 2.24) is 0 Å². The Hall–Kier alpha value is -1.64. The summed E-state index contributed by atoms with van der Waals surface area (Å²) in [6, 6.07) is 33.0. The van der Waals surface area contributed by atoms with Crippen LogP contribution in [-0.2, 0) is 4.75 Å². The molecule has 0 aromatic heterocycles. The SMILES string of the molecule is SCCCCCCCSC(c1ccccc1)(c1ccccc1)c1ccccc1. The fourth-order valence-electron chi connectivity index (χ4n) is 3.74. The molecule has 3 aromatic rings. The smallest absolute Gasteiger partial charge is 0.0906 e. The van der Waals surface area contributed by atoms with Crippen LogP contribution in [0.2, 0.25) is 0 Å². The molecule has 0 nitrogen and oxygen atoms in total. The summed E-state index contributed by atoms with van der Waals surface area (Å²) in [5.41, 5.74) is 4.06. The van der Waals surface area contributed by atoms with Gasteiger partial charge in [-0.3, -0.25) is 0 Å². The highest BCUT2D eigenvalue weighted by Gasteiger charge is 2.36. The van der Waals surface area contributed by atoms with Gasteiger partial charge in [-0.2, -0.15) is 12.6 Å². The van der Waals surface area contributed by atoms with Gasteiger partial charge in [0.1, 0.15) is 0 Å². The second-order valence-corrected chi connectivity index (χ2v) is 8.88. The molecule has 3 rings (SSSR count). The van der Waals surface area contributed by atoms with Gasteiger partial charge in [-0.15, -0.1) is 11.8 Å². The monoisotopic (exact) mass is 406 g/mol. The lowest BCUT2D eigenvalue weighted by atomic mass is 9.84. The van der Waals surface area contributed by atoms with Crippen molar-refractivity contribution in [3.05, 3.63) is 108 Å². The Kier molecular flexibility index (Phi) is 8.57. The van der Waals surface area contributed by atoms with Crippen LogP contribution in [0.3, 0.4) is 0 Å². The van der Waals surface area contributed by atoms with Crippen LogP contribution in [0.15, 0.2) is 91.0 Å². The number of rotatable bonds is 11. The summed E-state index contributed by atoms with van der Waals surface area (Å²) in [6.07, 6.45) is 6.41. The van der Waals surface area contributed by atoms with Crippen molar-refractivity contribution in [1.29, 1.82) is 0 Å². The van der Waals surface area contributed by atoms with Crippen molar-refractivity contribution in [2.24, 2.45) is 0 Å². The maximum Gasteiger partial charge on any atom is 0.0906 e. The van der Waals surface area contributed by atoms with E-state index in [-0.39, 0.29) is 4.75 Å². The molecule has 0 aliphatic carbocycles. The summed E-state index contributed by atoms with van der Waals surface area (Å²) in [4.78, 5) is 0. The zero-order valence-corrected chi connectivity index (χ0v) is 18.2. The van der Waals surface area contributed by atoms with Crippen molar-refractivity contribution < 1.29 is 0 Å². The molecule has 0 fully saturated rings. The number of thiol groups is 1. The normalized spacial score (nSPS) is 11.5. The van der Waals surface area contributed by atoms with Crippen molar-refractivity contribution in [2.45, 2.75) is 36.9 Å². The first-order valence-electron chi connectivity index (χ1n) is 10.3. The fourth-order valence-corrected chi connectivity index (χ4v) is 5.52. The van der Waals surface area contributed by atoms with Gasteiger partial charge in [-0.25, -0.2) is 0 Å². The molecule has 2 heteroatoms. The molecular formula is C26H30S2. The van der Waals surface area contributed by atoms with Gasteiger partial charge in [0.25, 0.3) is 0 Å². The maximum absolute atomic E-state index is 4.32. The second-order valence-electron chi connectivity index (χ2n) is 7.12. The minimum Gasteiger partial charge on any atom is -0.179 e. The Morgan fingerprint density at radius 2 is 0.929 bits per heavy atom. The highest BCUT2D eigenvalue weighted by Crippen LogP contribution is 2.48. The third kappa shape index (κ3) is 5.24. The first kappa shape index (κ1) is 21.1. The van der Waals surface area contributed by atoms with Crippen LogP contribution < -0.4 is 0 Å². The van der Waals surface area contributed by atoms with Crippen LogP contribution in [0.5, 0.6) is 0 Å². The molecule has 3 aromatic carbocycles. The van der Waals surface area contributed by atoms with Crippen molar-refractivity contribution in [2.75, 3.05) is 11.5 Å². The molecule has 0 atom stereocenters. The lowest BCUT2D eigenvalue weighted by Gasteiger charge is -2.35. The van der Waals surface area contributed by atoms with Gasteiger partial charge in [0.05, 0.1) is 4.75 Å². The van der Waals surface area contributed by atoms with E-state index in [1.165, 1.54) is 48.8 Å². The Bertz CT molecular complexity index is 688. The van der Waals surface area contributed by atoms with Gasteiger partial charge in [0, 0.05) is 0 Å². The fraction of sp³-hybridized carbons (Fsp3) is 0.308. The topological polar surface area (TPSA) is 0 Å². The molecule has 0 N–H and O–H groups in total. The van der Waals surface area contributed by atoms with Gasteiger partial charge in [0.15, 0.2) is 0 Å². The van der Waals surface area contributed by atoms with E-state index in [0.29, 0.717) is 0 Å². The maximum atomic E-state index is 4.32. The molecule has 28 heavy (non-hydrogen) atoms. The van der Waals surface area contributed by atoms with Gasteiger partial charge in [-0.1, -0.05) is 110 Å². The van der Waals surface area contributed by atoms with Crippen molar-refractivity contribution in [3.8, 4) is 0 Å². The first-order chi connectivity index (χ1) is 13.9. The molecular weight excluding hydrogens is 376 g/mol. The minimum absolute atomic E-state index is 0.172. The molecule has 0 radical (unpaired) electrons. The summed E-state index contributed by atoms with van der Waals surface area (Å²) in [5, 5.41) is 0. The van der Waals surface area contributed by atoms with E-state index < -0.39 is 0 Å². The van der Waals surface area contributed by atoms with Gasteiger partial charge in [-0.05, 0) is 41.0 Å². The lowest BCUT2D eigenvalue weighted by Crippen LogP contribution is -2.26. The van der Waals surface area contributed by atoms with Crippen LogP contribution in [0, 0.1) is 0 Å². The number of thioether (sulfide) groups is 1. The standard InChI is InChI=1S/C26H30S2/c27-21-13-2-1-3-14-22-28-26(23-15-7-4-8-16-23,24-17-9-5-10-18-24)25-19-11-6-12-20-25/h4-12,15-20,27H,1-3,13-14,21-22H2. The van der Waals surface area contributed by atoms with Crippen LogP contribution in [-0.4, -0.2) is 11.5 Å². The van der Waals surface area contributed by atoms with E-state index in [1.807, 2.05) is 0 Å². The first-order valence-corrected chi connectivity index (χ1v) is 11.9. The highest BCUT2D eigenvalue weighted by molar-refractivity contribution is 8.00. The second kappa shape index (κ2) is 11.4. The number of unbranched alkanes of at least 4 members (excludes halogenated alkanes) is 4. The predicted octanol–water partition coefficient (Wildman–Crippen LogP) is 7.59. The Balaban J connectivity index is 1.91. The van der Waals surface area contributed by atoms with Crippen LogP contribution >= 0.6 is 24.4 Å². The van der Waals surface area contributed by atoms with E-state index in [4.69, 9.17) is 0 Å². The molecule has 0 aliphatic rings. The van der Waals surface area contributed by atoms with E-state index in [1.54, 1.807) is 0 Å². The van der Waals surface area contributed by atoms with Crippen molar-refractivity contribution >= 4 is 24.4 Å². The van der Waals surface area contributed by atoms with E-state index in [2.05, 4.69) is 115 Å². The molecule has 146 valence electrons. The summed E-state index contributed by atoms with van der Waals surface area (Å²) in [7, 11) is 0. The Labute approximate surface area is 180 Å². The number of hydrogen-bond acceptors (Lipinski definition) is 2. The average Bonchev–Trinajstić information content (AvgIpc) is 2.78. The van der Waals surface area contributed by atoms with Gasteiger partial charge >= 0.3 is 0 Å². The van der Waals surface area contributed by atoms with E-state index in [9.17, 15) is 0 Å². The van der Waals surface area contributed by atoms with Crippen LogP contribution in [0.4, 0.5) is 0 Å². The molecule has 0 bridgehead atoms. The largest absolute Gasteiger partial charge is 0.179 e. The minimum atomic E-state index is -0.172. The zero-order valence-electron chi connectivity index (χ0n) is 16.5. The Morgan fingerprint density at radius 3 is 1.36 bits per heavy atom. The van der Waals surface area contributed by atoms with Crippen molar-refractivity contribution in [3.63, 3.8) is 0 Å². The van der Waals surface area contributed by atoms with Crippen LogP contribution in [0.25, 0.3) is 0 Å². The quantitative estimate of drug-likeness (QED) is 0.194. The molecule has 0 amide bonds. The third-order valence-corrected chi connectivity index (χ3v) is 7.11. The van der Waals surface area contributed by atoms with Gasteiger partial charge < -0.3 is 0 Å². The Morgan fingerprint density at radius 1 is 0.536 bits per heavy atom. The molecule has 0 unspecified atom stereocenters. The van der Waals surface area contributed by atoms with E-state index in [0.717, 1.165) is 11.5 Å². The zero-order chi connectivity index (χ0) is 19.5. The summed E-state index contributed by atoms with van der Waals surface area (Å²) in [5.74, 6) is 2.16.